The van der Waals surface area contributed by atoms with Gasteiger partial charge in [0, 0.05) is 29.7 Å². The lowest BCUT2D eigenvalue weighted by atomic mass is 10.1. The monoisotopic (exact) mass is 246 g/mol. The largest absolute Gasteiger partial charge is 0.478 e. The number of nitrogens with one attached hydrogen (secondary N) is 1. The third-order valence-electron chi connectivity index (χ3n) is 3.09. The summed E-state index contributed by atoms with van der Waals surface area (Å²) in [4.78, 5) is 11.0. The van der Waals surface area contributed by atoms with Crippen molar-refractivity contribution in [2.75, 3.05) is 7.05 Å². The Bertz CT molecular complexity index is 585. The van der Waals surface area contributed by atoms with Gasteiger partial charge in [0.2, 0.25) is 0 Å². The van der Waals surface area contributed by atoms with Crippen LogP contribution >= 0.6 is 0 Å². The van der Waals surface area contributed by atoms with E-state index in [4.69, 9.17) is 5.11 Å². The van der Waals surface area contributed by atoms with E-state index in [2.05, 4.69) is 29.9 Å². The topological polar surface area (TPSA) is 54.3 Å². The smallest absolute Gasteiger partial charge is 0.335 e. The molecule has 0 unspecified atom stereocenters. The van der Waals surface area contributed by atoms with Crippen molar-refractivity contribution >= 4 is 16.9 Å². The van der Waals surface area contributed by atoms with E-state index in [1.807, 2.05) is 13.1 Å². The minimum atomic E-state index is -0.886. The van der Waals surface area contributed by atoms with E-state index in [1.54, 1.807) is 12.1 Å². The lowest BCUT2D eigenvalue weighted by Crippen LogP contribution is -2.04. The second-order valence-electron chi connectivity index (χ2n) is 4.72. The first-order valence-electron chi connectivity index (χ1n) is 6.06. The average Bonchev–Trinajstić information content (AvgIpc) is 2.68. The lowest BCUT2D eigenvalue weighted by Gasteiger charge is -2.09. The van der Waals surface area contributed by atoms with E-state index >= 15 is 0 Å². The number of carbonyl (C=O) groups is 1. The van der Waals surface area contributed by atoms with Crippen molar-refractivity contribution in [3.8, 4) is 0 Å². The van der Waals surface area contributed by atoms with Crippen LogP contribution in [0.5, 0.6) is 0 Å². The summed E-state index contributed by atoms with van der Waals surface area (Å²) in [5.41, 5.74) is 2.51. The summed E-state index contributed by atoms with van der Waals surface area (Å²) in [6.07, 6.45) is 2.09. The van der Waals surface area contributed by atoms with E-state index in [9.17, 15) is 4.79 Å². The molecule has 0 saturated carbocycles. The maximum atomic E-state index is 11.0. The van der Waals surface area contributed by atoms with Crippen molar-refractivity contribution in [1.82, 2.24) is 9.88 Å². The molecule has 0 spiro atoms. The predicted octanol–water partition coefficient (Wildman–Crippen LogP) is 2.64. The van der Waals surface area contributed by atoms with Crippen molar-refractivity contribution in [2.24, 2.45) is 0 Å². The summed E-state index contributed by atoms with van der Waals surface area (Å²) >= 11 is 0. The number of aromatic nitrogens is 1. The van der Waals surface area contributed by atoms with Gasteiger partial charge in [-0.25, -0.2) is 4.79 Å². The van der Waals surface area contributed by atoms with E-state index in [-0.39, 0.29) is 0 Å². The molecular formula is C14H18N2O2. The highest BCUT2D eigenvalue weighted by Gasteiger charge is 2.12. The Labute approximate surface area is 106 Å². The number of hydrogen-bond acceptors (Lipinski definition) is 2. The first-order chi connectivity index (χ1) is 8.54. The zero-order valence-corrected chi connectivity index (χ0v) is 10.9. The van der Waals surface area contributed by atoms with Crippen LogP contribution in [0.25, 0.3) is 10.9 Å². The first kappa shape index (κ1) is 12.6. The van der Waals surface area contributed by atoms with Gasteiger partial charge in [0.25, 0.3) is 0 Å². The van der Waals surface area contributed by atoms with E-state index in [1.165, 1.54) is 5.56 Å². The van der Waals surface area contributed by atoms with Gasteiger partial charge in [-0.1, -0.05) is 6.07 Å². The predicted molar refractivity (Wildman–Crippen MR) is 72.0 cm³/mol. The van der Waals surface area contributed by atoms with Gasteiger partial charge in [-0.05, 0) is 38.6 Å². The Kier molecular flexibility index (Phi) is 3.39. The normalized spacial score (nSPS) is 11.3. The molecule has 1 heterocycles. The summed E-state index contributed by atoms with van der Waals surface area (Å²) in [7, 11) is 1.91. The van der Waals surface area contributed by atoms with Crippen molar-refractivity contribution in [3.05, 3.63) is 35.5 Å². The molecule has 1 aromatic carbocycles. The van der Waals surface area contributed by atoms with Crippen molar-refractivity contribution in [2.45, 2.75) is 26.4 Å². The quantitative estimate of drug-likeness (QED) is 0.872. The van der Waals surface area contributed by atoms with Crippen LogP contribution in [0.15, 0.2) is 24.4 Å². The van der Waals surface area contributed by atoms with Crippen LogP contribution in [0, 0.1) is 0 Å². The Morgan fingerprint density at radius 2 is 2.17 bits per heavy atom. The molecule has 0 atom stereocenters. The van der Waals surface area contributed by atoms with Gasteiger partial charge in [-0.15, -0.1) is 0 Å². The zero-order chi connectivity index (χ0) is 13.3. The van der Waals surface area contributed by atoms with Gasteiger partial charge >= 0.3 is 5.97 Å². The van der Waals surface area contributed by atoms with Gasteiger partial charge in [-0.2, -0.15) is 0 Å². The highest BCUT2D eigenvalue weighted by atomic mass is 16.4. The van der Waals surface area contributed by atoms with Crippen LogP contribution in [-0.4, -0.2) is 22.7 Å². The van der Waals surface area contributed by atoms with Crippen LogP contribution in [0.2, 0.25) is 0 Å². The molecule has 18 heavy (non-hydrogen) atoms. The molecule has 96 valence electrons. The molecule has 0 aliphatic carbocycles. The number of carboxylic acid groups (broad SMARTS) is 1. The van der Waals surface area contributed by atoms with Gasteiger partial charge < -0.3 is 15.0 Å². The van der Waals surface area contributed by atoms with Gasteiger partial charge in [-0.3, -0.25) is 0 Å². The number of benzene rings is 1. The second-order valence-corrected chi connectivity index (χ2v) is 4.72. The number of nitrogens with zero attached hydrogens (tertiary/aromatic N) is 1. The molecule has 1 aromatic heterocycles. The first-order valence-corrected chi connectivity index (χ1v) is 6.06. The standard InChI is InChI=1S/C14H18N2O2/c1-9(2)16-8-11(7-15-3)12-5-4-10(14(17)18)6-13(12)16/h4-6,8-9,15H,7H2,1-3H3,(H,17,18). The molecule has 4 heteroatoms. The summed E-state index contributed by atoms with van der Waals surface area (Å²) in [5, 5.41) is 13.3. The van der Waals surface area contributed by atoms with Crippen molar-refractivity contribution < 1.29 is 9.90 Å². The molecule has 0 aliphatic rings. The van der Waals surface area contributed by atoms with Gasteiger partial charge in [0.05, 0.1) is 5.56 Å². The minimum Gasteiger partial charge on any atom is -0.478 e. The summed E-state index contributed by atoms with van der Waals surface area (Å²) in [6.45, 7) is 4.97. The Morgan fingerprint density at radius 1 is 1.44 bits per heavy atom. The number of aromatic carboxylic acids is 1. The van der Waals surface area contributed by atoms with Gasteiger partial charge in [0.1, 0.15) is 0 Å². The molecule has 0 amide bonds. The highest BCUT2D eigenvalue weighted by molar-refractivity contribution is 5.94. The Morgan fingerprint density at radius 3 is 2.72 bits per heavy atom. The molecule has 0 bridgehead atoms. The fourth-order valence-electron chi connectivity index (χ4n) is 2.22. The Balaban J connectivity index is 2.67. The lowest BCUT2D eigenvalue weighted by molar-refractivity contribution is 0.0697. The second kappa shape index (κ2) is 4.82. The molecule has 0 aliphatic heterocycles. The van der Waals surface area contributed by atoms with Crippen LogP contribution in [0.1, 0.15) is 35.8 Å². The summed E-state index contributed by atoms with van der Waals surface area (Å²) < 4.78 is 2.12. The van der Waals surface area contributed by atoms with Crippen LogP contribution < -0.4 is 5.32 Å². The SMILES string of the molecule is CNCc1cn(C(C)C)c2cc(C(=O)O)ccc12. The van der Waals surface area contributed by atoms with E-state index in [0.29, 0.717) is 11.6 Å². The van der Waals surface area contributed by atoms with Crippen LogP contribution in [0.4, 0.5) is 0 Å². The maximum absolute atomic E-state index is 11.0. The molecule has 0 saturated heterocycles. The average molecular weight is 246 g/mol. The summed E-state index contributed by atoms with van der Waals surface area (Å²) in [6, 6.07) is 5.61. The van der Waals surface area contributed by atoms with E-state index in [0.717, 1.165) is 17.4 Å². The zero-order valence-electron chi connectivity index (χ0n) is 10.9. The van der Waals surface area contributed by atoms with Gasteiger partial charge in [0.15, 0.2) is 0 Å². The third kappa shape index (κ3) is 2.11. The molecule has 0 fully saturated rings. The third-order valence-corrected chi connectivity index (χ3v) is 3.09. The van der Waals surface area contributed by atoms with Crippen molar-refractivity contribution in [3.63, 3.8) is 0 Å². The fourth-order valence-corrected chi connectivity index (χ4v) is 2.22. The highest BCUT2D eigenvalue weighted by Crippen LogP contribution is 2.25. The molecule has 0 radical (unpaired) electrons. The van der Waals surface area contributed by atoms with E-state index < -0.39 is 5.97 Å². The van der Waals surface area contributed by atoms with Crippen molar-refractivity contribution in [1.29, 1.82) is 0 Å². The maximum Gasteiger partial charge on any atom is 0.335 e. The minimum absolute atomic E-state index is 0.308. The molecular weight excluding hydrogens is 228 g/mol. The van der Waals surface area contributed by atoms with Crippen LogP contribution in [0.3, 0.4) is 0 Å². The fraction of sp³-hybridized carbons (Fsp3) is 0.357. The number of rotatable bonds is 4. The number of hydrogen-bond donors (Lipinski definition) is 2. The molecule has 2 aromatic rings. The summed E-state index contributed by atoms with van der Waals surface area (Å²) in [5.74, 6) is -0.886. The number of fused-ring (bicyclic) bond motifs is 1. The van der Waals surface area contributed by atoms with Crippen LogP contribution in [-0.2, 0) is 6.54 Å². The number of carboxylic acids is 1. The Hall–Kier alpha value is -1.81. The molecule has 2 rings (SSSR count). The molecule has 4 nitrogen and oxygen atoms in total. The molecule has 2 N–H and O–H groups in total.